The van der Waals surface area contributed by atoms with Gasteiger partial charge >= 0.3 is 0 Å². The number of thiazole rings is 1. The molecule has 178 valence electrons. The maximum atomic E-state index is 12.5. The van der Waals surface area contributed by atoms with Crippen molar-refractivity contribution < 1.29 is 19.2 Å². The number of nitrogens with one attached hydrogen (secondary N) is 2. The Kier molecular flexibility index (Phi) is 7.58. The molecule has 0 aliphatic carbocycles. The molecule has 35 heavy (non-hydrogen) atoms. The van der Waals surface area contributed by atoms with E-state index in [4.69, 9.17) is 4.74 Å². The fraction of sp³-hybridized carbons (Fsp3) is 0.125. The van der Waals surface area contributed by atoms with Crippen LogP contribution in [0.5, 0.6) is 5.75 Å². The Morgan fingerprint density at radius 1 is 1.09 bits per heavy atom. The van der Waals surface area contributed by atoms with Crippen molar-refractivity contribution in [1.29, 1.82) is 0 Å². The molecule has 2 amide bonds. The van der Waals surface area contributed by atoms with Crippen molar-refractivity contribution in [3.05, 3.63) is 88.0 Å². The number of rotatable bonds is 9. The van der Waals surface area contributed by atoms with Crippen LogP contribution in [0, 0.1) is 10.1 Å². The van der Waals surface area contributed by atoms with E-state index in [9.17, 15) is 19.7 Å². The van der Waals surface area contributed by atoms with Gasteiger partial charge in [0.1, 0.15) is 5.75 Å². The normalized spacial score (nSPS) is 10.7. The van der Waals surface area contributed by atoms with E-state index in [0.717, 1.165) is 25.9 Å². The van der Waals surface area contributed by atoms with E-state index in [1.54, 1.807) is 19.2 Å². The van der Waals surface area contributed by atoms with E-state index in [1.165, 1.54) is 47.4 Å². The molecule has 0 saturated carbocycles. The highest BCUT2D eigenvalue weighted by Gasteiger charge is 2.12. The topological polar surface area (TPSA) is 123 Å². The Hall–Kier alpha value is -3.96. The lowest BCUT2D eigenvalue weighted by Gasteiger charge is -2.05. The second kappa shape index (κ2) is 11.0. The van der Waals surface area contributed by atoms with Gasteiger partial charge in [0.25, 0.3) is 11.6 Å². The summed E-state index contributed by atoms with van der Waals surface area (Å²) < 4.78 is 6.74. The summed E-state index contributed by atoms with van der Waals surface area (Å²) in [5, 5.41) is 16.4. The molecule has 2 N–H and O–H groups in total. The Balaban J connectivity index is 1.31. The highest BCUT2D eigenvalue weighted by molar-refractivity contribution is 8.01. The molecule has 0 aliphatic heterocycles. The minimum absolute atomic E-state index is 0.0768. The van der Waals surface area contributed by atoms with Crippen molar-refractivity contribution in [2.75, 3.05) is 18.2 Å². The SMILES string of the molecule is COc1ccc(CNC(=O)CSc2nc3ccc(NC(=O)c4ccc([N+](=O)[O-])cc4)cc3s2)cc1. The maximum absolute atomic E-state index is 12.5. The van der Waals surface area contributed by atoms with Gasteiger partial charge in [-0.1, -0.05) is 23.9 Å². The number of nitro groups is 1. The lowest BCUT2D eigenvalue weighted by Crippen LogP contribution is -2.24. The van der Waals surface area contributed by atoms with Gasteiger partial charge < -0.3 is 15.4 Å². The molecular formula is C24H20N4O5S2. The number of nitrogens with zero attached hydrogens (tertiary/aromatic N) is 2. The largest absolute Gasteiger partial charge is 0.497 e. The third-order valence-corrected chi connectivity index (χ3v) is 7.10. The second-order valence-electron chi connectivity index (χ2n) is 7.33. The molecule has 3 aromatic carbocycles. The van der Waals surface area contributed by atoms with Gasteiger partial charge in [-0.05, 0) is 48.0 Å². The predicted octanol–water partition coefficient (Wildman–Crippen LogP) is 4.87. The van der Waals surface area contributed by atoms with Crippen molar-refractivity contribution in [1.82, 2.24) is 10.3 Å². The van der Waals surface area contributed by atoms with Crippen LogP contribution in [0.4, 0.5) is 11.4 Å². The van der Waals surface area contributed by atoms with Gasteiger partial charge in [0.15, 0.2) is 4.34 Å². The van der Waals surface area contributed by atoms with E-state index < -0.39 is 4.92 Å². The van der Waals surface area contributed by atoms with Crippen LogP contribution in [-0.4, -0.2) is 34.6 Å². The molecule has 0 fully saturated rings. The number of aromatic nitrogens is 1. The predicted molar refractivity (Wildman–Crippen MR) is 136 cm³/mol. The van der Waals surface area contributed by atoms with E-state index in [1.807, 2.05) is 30.3 Å². The first kappa shape index (κ1) is 24.2. The third-order valence-electron chi connectivity index (χ3n) is 4.94. The number of hydrogen-bond donors (Lipinski definition) is 2. The molecule has 1 heterocycles. The number of methoxy groups -OCH3 is 1. The number of fused-ring (bicyclic) bond motifs is 1. The third kappa shape index (κ3) is 6.34. The highest BCUT2D eigenvalue weighted by atomic mass is 32.2. The molecule has 1 aromatic heterocycles. The molecule has 0 spiro atoms. The summed E-state index contributed by atoms with van der Waals surface area (Å²) in [6.07, 6.45) is 0. The molecule has 0 saturated heterocycles. The van der Waals surface area contributed by atoms with Gasteiger partial charge in [-0.3, -0.25) is 19.7 Å². The quantitative estimate of drug-likeness (QED) is 0.188. The molecule has 0 aliphatic rings. The van der Waals surface area contributed by atoms with Crippen molar-refractivity contribution in [2.45, 2.75) is 10.9 Å². The number of benzene rings is 3. The van der Waals surface area contributed by atoms with Crippen LogP contribution in [-0.2, 0) is 11.3 Å². The number of thioether (sulfide) groups is 1. The molecule has 0 unspecified atom stereocenters. The van der Waals surface area contributed by atoms with E-state index in [2.05, 4.69) is 15.6 Å². The van der Waals surface area contributed by atoms with Crippen LogP contribution in [0.2, 0.25) is 0 Å². The molecule has 11 heteroatoms. The monoisotopic (exact) mass is 508 g/mol. The summed E-state index contributed by atoms with van der Waals surface area (Å²) in [4.78, 5) is 39.5. The van der Waals surface area contributed by atoms with Crippen LogP contribution in [0.15, 0.2) is 71.1 Å². The zero-order valence-electron chi connectivity index (χ0n) is 18.5. The fourth-order valence-electron chi connectivity index (χ4n) is 3.10. The zero-order valence-corrected chi connectivity index (χ0v) is 20.2. The summed E-state index contributed by atoms with van der Waals surface area (Å²) in [5.74, 6) is 0.535. The van der Waals surface area contributed by atoms with E-state index >= 15 is 0 Å². The summed E-state index contributed by atoms with van der Waals surface area (Å²) in [6.45, 7) is 0.432. The highest BCUT2D eigenvalue weighted by Crippen LogP contribution is 2.31. The van der Waals surface area contributed by atoms with Crippen molar-refractivity contribution in [3.63, 3.8) is 0 Å². The van der Waals surface area contributed by atoms with Crippen molar-refractivity contribution in [3.8, 4) is 5.75 Å². The number of nitro benzene ring substituents is 1. The lowest BCUT2D eigenvalue weighted by atomic mass is 10.2. The van der Waals surface area contributed by atoms with Crippen molar-refractivity contribution >= 4 is 56.5 Å². The Morgan fingerprint density at radius 2 is 1.83 bits per heavy atom. The number of amides is 2. The number of anilines is 1. The first-order valence-corrected chi connectivity index (χ1v) is 12.2. The maximum Gasteiger partial charge on any atom is 0.269 e. The van der Waals surface area contributed by atoms with Gasteiger partial charge in [0.05, 0.1) is 28.0 Å². The Labute approximate surface area is 208 Å². The van der Waals surface area contributed by atoms with Crippen LogP contribution in [0.1, 0.15) is 15.9 Å². The van der Waals surface area contributed by atoms with E-state index in [0.29, 0.717) is 17.8 Å². The Bertz CT molecular complexity index is 1370. The molecule has 9 nitrogen and oxygen atoms in total. The minimum Gasteiger partial charge on any atom is -0.497 e. The molecule has 0 atom stereocenters. The summed E-state index contributed by atoms with van der Waals surface area (Å²) in [7, 11) is 1.61. The van der Waals surface area contributed by atoms with Crippen LogP contribution >= 0.6 is 23.1 Å². The average Bonchev–Trinajstić information content (AvgIpc) is 3.28. The summed E-state index contributed by atoms with van der Waals surface area (Å²) in [6, 6.07) is 18.2. The van der Waals surface area contributed by atoms with Crippen LogP contribution < -0.4 is 15.4 Å². The van der Waals surface area contributed by atoms with Gasteiger partial charge in [-0.15, -0.1) is 11.3 Å². The zero-order chi connectivity index (χ0) is 24.8. The lowest BCUT2D eigenvalue weighted by molar-refractivity contribution is -0.384. The Morgan fingerprint density at radius 3 is 2.51 bits per heavy atom. The molecule has 0 radical (unpaired) electrons. The second-order valence-corrected chi connectivity index (χ2v) is 9.59. The van der Waals surface area contributed by atoms with Gasteiger partial charge in [0, 0.05) is 29.9 Å². The summed E-state index contributed by atoms with van der Waals surface area (Å²) >= 11 is 2.78. The molecule has 0 bridgehead atoms. The fourth-order valence-corrected chi connectivity index (χ4v) is 5.04. The molecule has 4 rings (SSSR count). The van der Waals surface area contributed by atoms with Crippen molar-refractivity contribution in [2.24, 2.45) is 0 Å². The number of non-ortho nitro benzene ring substituents is 1. The number of carbonyl (C=O) groups is 2. The number of carbonyl (C=O) groups excluding carboxylic acids is 2. The number of ether oxygens (including phenoxy) is 1. The van der Waals surface area contributed by atoms with Crippen LogP contribution in [0.25, 0.3) is 10.2 Å². The minimum atomic E-state index is -0.514. The van der Waals surface area contributed by atoms with E-state index in [-0.39, 0.29) is 23.3 Å². The first-order chi connectivity index (χ1) is 16.9. The first-order valence-electron chi connectivity index (χ1n) is 10.4. The smallest absolute Gasteiger partial charge is 0.269 e. The van der Waals surface area contributed by atoms with Gasteiger partial charge in [-0.25, -0.2) is 4.98 Å². The summed E-state index contributed by atoms with van der Waals surface area (Å²) in [5.41, 5.74) is 2.57. The van der Waals surface area contributed by atoms with Gasteiger partial charge in [0.2, 0.25) is 5.91 Å². The number of hydrogen-bond acceptors (Lipinski definition) is 8. The van der Waals surface area contributed by atoms with Crippen LogP contribution in [0.3, 0.4) is 0 Å². The standard InChI is InChI=1S/C24H20N4O5S2/c1-33-19-9-2-15(3-10-19)13-25-22(29)14-34-24-27-20-11-6-17(12-21(20)35-24)26-23(30)16-4-7-18(8-5-16)28(31)32/h2-12H,13-14H2,1H3,(H,25,29)(H,26,30). The molecule has 4 aromatic rings. The van der Waals surface area contributed by atoms with Gasteiger partial charge in [-0.2, -0.15) is 0 Å². The molecular weight excluding hydrogens is 488 g/mol. The average molecular weight is 509 g/mol.